The summed E-state index contributed by atoms with van der Waals surface area (Å²) in [5, 5.41) is 10.9. The molecule has 0 aliphatic carbocycles. The summed E-state index contributed by atoms with van der Waals surface area (Å²) >= 11 is 3.44. The smallest absolute Gasteiger partial charge is 0.133 e. The number of rotatable bonds is 5. The van der Waals surface area contributed by atoms with E-state index in [1.165, 1.54) is 12.1 Å². The van der Waals surface area contributed by atoms with Crippen molar-refractivity contribution in [3.05, 3.63) is 63.9 Å². The molecule has 1 N–H and O–H groups in total. The molecule has 2 nitrogen and oxygen atoms in total. The topological polar surface area (TPSA) is 29.5 Å². The third-order valence-corrected chi connectivity index (χ3v) is 4.28. The molecule has 0 fully saturated rings. The van der Waals surface area contributed by atoms with E-state index >= 15 is 0 Å². The molecule has 4 heteroatoms. The van der Waals surface area contributed by atoms with Gasteiger partial charge < -0.3 is 9.84 Å². The standard InChI is InChI=1S/C17H18BrFO2/c1-3-17(20,13-5-4-6-14(19)10-13)11-12-7-8-16(21-2)15(18)9-12/h4-10,20H,3,11H2,1-2H3. The van der Waals surface area contributed by atoms with Gasteiger partial charge >= 0.3 is 0 Å². The van der Waals surface area contributed by atoms with Crippen LogP contribution in [0.1, 0.15) is 24.5 Å². The number of benzene rings is 2. The van der Waals surface area contributed by atoms with Crippen LogP contribution in [0.15, 0.2) is 46.9 Å². The van der Waals surface area contributed by atoms with Gasteiger partial charge in [-0.15, -0.1) is 0 Å². The molecule has 21 heavy (non-hydrogen) atoms. The lowest BCUT2D eigenvalue weighted by molar-refractivity contribution is 0.0324. The highest BCUT2D eigenvalue weighted by molar-refractivity contribution is 9.10. The molecule has 1 atom stereocenters. The van der Waals surface area contributed by atoms with Gasteiger partial charge in [-0.2, -0.15) is 0 Å². The van der Waals surface area contributed by atoms with Gasteiger partial charge in [0.25, 0.3) is 0 Å². The van der Waals surface area contributed by atoms with Crippen LogP contribution in [0.5, 0.6) is 5.75 Å². The maximum Gasteiger partial charge on any atom is 0.133 e. The molecule has 0 aliphatic heterocycles. The molecule has 0 amide bonds. The molecule has 0 saturated carbocycles. The Morgan fingerprint density at radius 2 is 2.00 bits per heavy atom. The number of hydrogen-bond donors (Lipinski definition) is 1. The van der Waals surface area contributed by atoms with Crippen molar-refractivity contribution in [3.8, 4) is 5.75 Å². The first kappa shape index (κ1) is 16.0. The Bertz CT molecular complexity index is 630. The van der Waals surface area contributed by atoms with Crippen LogP contribution in [0.4, 0.5) is 4.39 Å². The number of hydrogen-bond acceptors (Lipinski definition) is 2. The van der Waals surface area contributed by atoms with Crippen LogP contribution in [0.2, 0.25) is 0 Å². The lowest BCUT2D eigenvalue weighted by Gasteiger charge is -2.28. The van der Waals surface area contributed by atoms with E-state index in [1.807, 2.05) is 25.1 Å². The van der Waals surface area contributed by atoms with Crippen molar-refractivity contribution in [2.75, 3.05) is 7.11 Å². The summed E-state index contributed by atoms with van der Waals surface area (Å²) in [6, 6.07) is 11.8. The number of methoxy groups -OCH3 is 1. The van der Waals surface area contributed by atoms with Crippen molar-refractivity contribution in [2.24, 2.45) is 0 Å². The summed E-state index contributed by atoms with van der Waals surface area (Å²) in [7, 11) is 1.61. The Balaban J connectivity index is 2.32. The maximum absolute atomic E-state index is 13.4. The summed E-state index contributed by atoms with van der Waals surface area (Å²) in [6.45, 7) is 1.89. The molecule has 0 aliphatic rings. The number of aliphatic hydroxyl groups is 1. The molecule has 0 radical (unpaired) electrons. The van der Waals surface area contributed by atoms with Gasteiger partial charge in [0, 0.05) is 6.42 Å². The predicted octanol–water partition coefficient (Wildman–Crippen LogP) is 4.44. The van der Waals surface area contributed by atoms with E-state index in [-0.39, 0.29) is 5.82 Å². The van der Waals surface area contributed by atoms with Gasteiger partial charge in [-0.05, 0) is 57.7 Å². The molecule has 0 spiro atoms. The van der Waals surface area contributed by atoms with E-state index < -0.39 is 5.60 Å². The lowest BCUT2D eigenvalue weighted by atomic mass is 9.85. The molecular weight excluding hydrogens is 335 g/mol. The van der Waals surface area contributed by atoms with Crippen LogP contribution in [0, 0.1) is 5.82 Å². The second-order valence-electron chi connectivity index (χ2n) is 5.04. The van der Waals surface area contributed by atoms with Crippen LogP contribution in [-0.4, -0.2) is 12.2 Å². The highest BCUT2D eigenvalue weighted by atomic mass is 79.9. The van der Waals surface area contributed by atoms with E-state index in [2.05, 4.69) is 15.9 Å². The second kappa shape index (κ2) is 6.58. The van der Waals surface area contributed by atoms with Crippen LogP contribution >= 0.6 is 15.9 Å². The zero-order valence-electron chi connectivity index (χ0n) is 12.1. The van der Waals surface area contributed by atoms with Crippen molar-refractivity contribution in [3.63, 3.8) is 0 Å². The molecule has 112 valence electrons. The predicted molar refractivity (Wildman–Crippen MR) is 85.0 cm³/mol. The van der Waals surface area contributed by atoms with Gasteiger partial charge in [0.1, 0.15) is 11.6 Å². The largest absolute Gasteiger partial charge is 0.496 e. The van der Waals surface area contributed by atoms with Crippen LogP contribution in [0.3, 0.4) is 0 Å². The summed E-state index contributed by atoms with van der Waals surface area (Å²) in [4.78, 5) is 0. The van der Waals surface area contributed by atoms with Gasteiger partial charge in [0.15, 0.2) is 0 Å². The van der Waals surface area contributed by atoms with E-state index in [1.54, 1.807) is 19.2 Å². The molecule has 0 saturated heterocycles. The molecule has 1 unspecified atom stereocenters. The number of ether oxygens (including phenoxy) is 1. The fourth-order valence-corrected chi connectivity index (χ4v) is 2.95. The van der Waals surface area contributed by atoms with Gasteiger partial charge in [-0.25, -0.2) is 4.39 Å². The fraction of sp³-hybridized carbons (Fsp3) is 0.294. The highest BCUT2D eigenvalue weighted by Crippen LogP contribution is 2.32. The summed E-state index contributed by atoms with van der Waals surface area (Å²) in [6.07, 6.45) is 0.912. The van der Waals surface area contributed by atoms with Crippen LogP contribution in [-0.2, 0) is 12.0 Å². The zero-order valence-corrected chi connectivity index (χ0v) is 13.7. The molecule has 2 aromatic rings. The van der Waals surface area contributed by atoms with E-state index in [0.717, 1.165) is 15.8 Å². The molecular formula is C17H18BrFO2. The minimum Gasteiger partial charge on any atom is -0.496 e. The van der Waals surface area contributed by atoms with Gasteiger partial charge in [0.05, 0.1) is 17.2 Å². The Morgan fingerprint density at radius 3 is 2.57 bits per heavy atom. The lowest BCUT2D eigenvalue weighted by Crippen LogP contribution is -2.27. The van der Waals surface area contributed by atoms with Crippen molar-refractivity contribution in [2.45, 2.75) is 25.4 Å². The molecule has 2 rings (SSSR count). The van der Waals surface area contributed by atoms with Crippen molar-refractivity contribution in [1.29, 1.82) is 0 Å². The minimum atomic E-state index is -1.09. The van der Waals surface area contributed by atoms with Gasteiger partial charge in [0.2, 0.25) is 0 Å². The Morgan fingerprint density at radius 1 is 1.24 bits per heavy atom. The first-order valence-corrected chi connectivity index (χ1v) is 7.58. The van der Waals surface area contributed by atoms with Crippen LogP contribution in [0.25, 0.3) is 0 Å². The Labute approximate surface area is 132 Å². The Hall–Kier alpha value is -1.39. The zero-order chi connectivity index (χ0) is 15.5. The monoisotopic (exact) mass is 352 g/mol. The summed E-state index contributed by atoms with van der Waals surface area (Å²) in [5.41, 5.74) is 0.462. The van der Waals surface area contributed by atoms with E-state index in [0.29, 0.717) is 18.4 Å². The van der Waals surface area contributed by atoms with E-state index in [4.69, 9.17) is 4.74 Å². The van der Waals surface area contributed by atoms with E-state index in [9.17, 15) is 9.50 Å². The maximum atomic E-state index is 13.4. The third kappa shape index (κ3) is 3.63. The Kier molecular flexibility index (Phi) is 5.01. The molecule has 2 aromatic carbocycles. The second-order valence-corrected chi connectivity index (χ2v) is 5.90. The highest BCUT2D eigenvalue weighted by Gasteiger charge is 2.28. The summed E-state index contributed by atoms with van der Waals surface area (Å²) in [5.74, 6) is 0.403. The average Bonchev–Trinajstić information content (AvgIpc) is 2.47. The summed E-state index contributed by atoms with van der Waals surface area (Å²) < 4.78 is 19.4. The minimum absolute atomic E-state index is 0.338. The van der Waals surface area contributed by atoms with Crippen molar-refractivity contribution < 1.29 is 14.2 Å². The van der Waals surface area contributed by atoms with Gasteiger partial charge in [-0.3, -0.25) is 0 Å². The SMILES string of the molecule is CCC(O)(Cc1ccc(OC)c(Br)c1)c1cccc(F)c1. The molecule has 0 aromatic heterocycles. The van der Waals surface area contributed by atoms with Gasteiger partial charge in [-0.1, -0.05) is 25.1 Å². The van der Waals surface area contributed by atoms with Crippen molar-refractivity contribution >= 4 is 15.9 Å². The normalized spacial score (nSPS) is 13.8. The average molecular weight is 353 g/mol. The fourth-order valence-electron chi connectivity index (χ4n) is 2.37. The quantitative estimate of drug-likeness (QED) is 0.861. The number of halogens is 2. The first-order valence-electron chi connectivity index (χ1n) is 6.79. The van der Waals surface area contributed by atoms with Crippen molar-refractivity contribution in [1.82, 2.24) is 0 Å². The molecule has 0 bridgehead atoms. The first-order chi connectivity index (χ1) is 9.98. The molecule has 0 heterocycles. The van der Waals surface area contributed by atoms with Crippen LogP contribution < -0.4 is 4.74 Å². The third-order valence-electron chi connectivity index (χ3n) is 3.66.